The van der Waals surface area contributed by atoms with Gasteiger partial charge in [0.15, 0.2) is 0 Å². The molecule has 0 radical (unpaired) electrons. The van der Waals surface area contributed by atoms with Crippen molar-refractivity contribution >= 4 is 12.0 Å². The molecule has 3 aromatic carbocycles. The third-order valence-corrected chi connectivity index (χ3v) is 8.72. The van der Waals surface area contributed by atoms with Crippen LogP contribution in [0.3, 0.4) is 0 Å². The first-order chi connectivity index (χ1) is 18.2. The maximum Gasteiger partial charge on any atom is 0.307 e. The molecule has 0 aromatic heterocycles. The number of carboxylic acid groups (broad SMARTS) is 1. The molecule has 0 amide bonds. The van der Waals surface area contributed by atoms with Gasteiger partial charge in [-0.1, -0.05) is 106 Å². The van der Waals surface area contributed by atoms with Crippen molar-refractivity contribution in [2.24, 2.45) is 0 Å². The summed E-state index contributed by atoms with van der Waals surface area (Å²) in [6.07, 6.45) is 11.3. The highest BCUT2D eigenvalue weighted by molar-refractivity contribution is 5.72. The lowest BCUT2D eigenvalue weighted by Crippen LogP contribution is -2.28. The molecule has 3 heteroatoms. The van der Waals surface area contributed by atoms with Gasteiger partial charge in [0, 0.05) is 5.41 Å². The van der Waals surface area contributed by atoms with E-state index in [4.69, 9.17) is 5.11 Å². The van der Waals surface area contributed by atoms with Crippen molar-refractivity contribution in [1.82, 2.24) is 0 Å². The summed E-state index contributed by atoms with van der Waals surface area (Å²) in [5.41, 5.74) is 8.64. The fraction of sp³-hybridized carbons (Fsp3) is 0.400. The van der Waals surface area contributed by atoms with Crippen molar-refractivity contribution in [2.75, 3.05) is 0 Å². The summed E-state index contributed by atoms with van der Waals surface area (Å²) in [4.78, 5) is 11.0. The predicted octanol–water partition coefficient (Wildman–Crippen LogP) is 8.41. The minimum atomic E-state index is -0.811. The zero-order valence-corrected chi connectivity index (χ0v) is 23.4. The van der Waals surface area contributed by atoms with Crippen LogP contribution >= 0.6 is 0 Å². The molecule has 0 unspecified atom stereocenters. The lowest BCUT2D eigenvalue weighted by molar-refractivity contribution is -0.136. The number of hydrogen-bond acceptors (Lipinski definition) is 2. The molecule has 1 fully saturated rings. The van der Waals surface area contributed by atoms with Gasteiger partial charge >= 0.3 is 5.97 Å². The summed E-state index contributed by atoms with van der Waals surface area (Å²) < 4.78 is 0. The second-order valence-electron chi connectivity index (χ2n) is 11.2. The average molecular weight is 511 g/mol. The second kappa shape index (κ2) is 11.7. The molecule has 0 heterocycles. The lowest BCUT2D eigenvalue weighted by Gasteiger charge is -2.34. The Kier molecular flexibility index (Phi) is 8.57. The topological polar surface area (TPSA) is 57.5 Å². The molecular formula is C35H42O3. The van der Waals surface area contributed by atoms with Gasteiger partial charge in [-0.15, -0.1) is 0 Å². The highest BCUT2D eigenvalue weighted by Crippen LogP contribution is 2.41. The van der Waals surface area contributed by atoms with E-state index in [-0.39, 0.29) is 11.8 Å². The van der Waals surface area contributed by atoms with E-state index in [1.54, 1.807) is 0 Å². The van der Waals surface area contributed by atoms with Crippen LogP contribution in [0.1, 0.15) is 92.2 Å². The van der Waals surface area contributed by atoms with Crippen molar-refractivity contribution in [3.63, 3.8) is 0 Å². The molecule has 0 saturated heterocycles. The fourth-order valence-electron chi connectivity index (χ4n) is 6.23. The zero-order valence-electron chi connectivity index (χ0n) is 23.4. The molecule has 1 aliphatic rings. The van der Waals surface area contributed by atoms with Crippen molar-refractivity contribution in [2.45, 2.75) is 90.1 Å². The number of aliphatic hydroxyl groups is 1. The first-order valence-electron chi connectivity index (χ1n) is 14.1. The standard InChI is InChI=1S/C35H42O3/c1-5-35(6-2,30-15-14-28(25(3)22-30)18-21-34(38)19-8-7-9-20-34)31-16-17-32(26(4)23-31)29-12-10-27(11-13-29)24-33(36)37/h10-18,21-23,38H,5-9,19-20,24H2,1-4H3,(H,36,37). The van der Waals surface area contributed by atoms with E-state index >= 15 is 0 Å². The number of carboxylic acids is 1. The summed E-state index contributed by atoms with van der Waals surface area (Å²) >= 11 is 0. The Balaban J connectivity index is 1.63. The molecule has 0 atom stereocenters. The van der Waals surface area contributed by atoms with Crippen LogP contribution < -0.4 is 0 Å². The third kappa shape index (κ3) is 5.94. The van der Waals surface area contributed by atoms with Gasteiger partial charge < -0.3 is 10.2 Å². The highest BCUT2D eigenvalue weighted by Gasteiger charge is 2.31. The molecule has 0 bridgehead atoms. The van der Waals surface area contributed by atoms with Crippen molar-refractivity contribution in [3.8, 4) is 11.1 Å². The zero-order chi connectivity index (χ0) is 27.3. The van der Waals surface area contributed by atoms with Gasteiger partial charge in [-0.3, -0.25) is 4.79 Å². The number of rotatable bonds is 9. The average Bonchev–Trinajstić information content (AvgIpc) is 2.90. The van der Waals surface area contributed by atoms with Gasteiger partial charge in [-0.2, -0.15) is 0 Å². The molecule has 3 nitrogen and oxygen atoms in total. The molecule has 200 valence electrons. The Morgan fingerprint density at radius 1 is 0.868 bits per heavy atom. The molecule has 38 heavy (non-hydrogen) atoms. The minimum absolute atomic E-state index is 0.0442. The summed E-state index contributed by atoms with van der Waals surface area (Å²) in [7, 11) is 0. The Morgan fingerprint density at radius 3 is 2.03 bits per heavy atom. The van der Waals surface area contributed by atoms with E-state index < -0.39 is 11.6 Å². The first kappa shape index (κ1) is 27.9. The van der Waals surface area contributed by atoms with Gasteiger partial charge in [0.1, 0.15) is 0 Å². The second-order valence-corrected chi connectivity index (χ2v) is 11.2. The highest BCUT2D eigenvalue weighted by atomic mass is 16.4. The lowest BCUT2D eigenvalue weighted by atomic mass is 9.69. The van der Waals surface area contributed by atoms with Crippen LogP contribution in [-0.2, 0) is 16.6 Å². The number of aryl methyl sites for hydroxylation is 2. The van der Waals surface area contributed by atoms with Crippen molar-refractivity contribution < 1.29 is 15.0 Å². The summed E-state index contributed by atoms with van der Waals surface area (Å²) in [5.74, 6) is -0.811. The van der Waals surface area contributed by atoms with Crippen LogP contribution in [0, 0.1) is 13.8 Å². The van der Waals surface area contributed by atoms with Crippen molar-refractivity contribution in [3.05, 3.63) is 100 Å². The number of aliphatic carboxylic acids is 1. The van der Waals surface area contributed by atoms with Crippen LogP contribution in [0.25, 0.3) is 17.2 Å². The van der Waals surface area contributed by atoms with Crippen LogP contribution in [-0.4, -0.2) is 21.8 Å². The molecule has 1 saturated carbocycles. The smallest absolute Gasteiger partial charge is 0.307 e. The minimum Gasteiger partial charge on any atom is -0.481 e. The van der Waals surface area contributed by atoms with Gasteiger partial charge in [0.2, 0.25) is 0 Å². The number of benzene rings is 3. The fourth-order valence-corrected chi connectivity index (χ4v) is 6.23. The largest absolute Gasteiger partial charge is 0.481 e. The van der Waals surface area contributed by atoms with Gasteiger partial charge in [0.05, 0.1) is 12.0 Å². The van der Waals surface area contributed by atoms with Gasteiger partial charge in [-0.05, 0) is 84.0 Å². The normalized spacial score (nSPS) is 15.6. The van der Waals surface area contributed by atoms with E-state index in [2.05, 4.69) is 70.2 Å². The molecule has 3 aromatic rings. The molecule has 0 spiro atoms. The Bertz CT molecular complexity index is 1290. The Morgan fingerprint density at radius 2 is 1.47 bits per heavy atom. The number of hydrogen-bond donors (Lipinski definition) is 2. The maximum absolute atomic E-state index is 11.0. The van der Waals surface area contributed by atoms with Crippen LogP contribution in [0.5, 0.6) is 0 Å². The number of carbonyl (C=O) groups is 1. The van der Waals surface area contributed by atoms with E-state index in [9.17, 15) is 9.90 Å². The van der Waals surface area contributed by atoms with Gasteiger partial charge in [0.25, 0.3) is 0 Å². The summed E-state index contributed by atoms with van der Waals surface area (Å²) in [6.45, 7) is 8.88. The third-order valence-electron chi connectivity index (χ3n) is 8.72. The maximum atomic E-state index is 11.0. The monoisotopic (exact) mass is 510 g/mol. The Hall–Kier alpha value is -3.17. The Labute approximate surface area is 228 Å². The SMILES string of the molecule is CCC(CC)(c1ccc(C=CC2(O)CCCCC2)c(C)c1)c1ccc(-c2ccc(CC(=O)O)cc2)c(C)c1. The molecule has 1 aliphatic carbocycles. The first-order valence-corrected chi connectivity index (χ1v) is 14.1. The van der Waals surface area contributed by atoms with Gasteiger partial charge in [-0.25, -0.2) is 0 Å². The van der Waals surface area contributed by atoms with Crippen molar-refractivity contribution in [1.29, 1.82) is 0 Å². The quantitative estimate of drug-likeness (QED) is 0.304. The van der Waals surface area contributed by atoms with Crippen LogP contribution in [0.2, 0.25) is 0 Å². The molecule has 0 aliphatic heterocycles. The van der Waals surface area contributed by atoms with E-state index in [1.807, 2.05) is 30.3 Å². The summed E-state index contributed by atoms with van der Waals surface area (Å²) in [6, 6.07) is 21.5. The van der Waals surface area contributed by atoms with E-state index in [0.717, 1.165) is 49.7 Å². The predicted molar refractivity (Wildman–Crippen MR) is 158 cm³/mol. The molecule has 2 N–H and O–H groups in total. The molecule has 4 rings (SSSR count). The van der Waals surface area contributed by atoms with E-state index in [0.29, 0.717) is 0 Å². The summed E-state index contributed by atoms with van der Waals surface area (Å²) in [5, 5.41) is 20.0. The molecular weight excluding hydrogens is 468 g/mol. The van der Waals surface area contributed by atoms with Crippen LogP contribution in [0.15, 0.2) is 66.7 Å². The van der Waals surface area contributed by atoms with Crippen LogP contribution in [0.4, 0.5) is 0 Å². The van der Waals surface area contributed by atoms with E-state index in [1.165, 1.54) is 39.8 Å².